The third-order valence-electron chi connectivity index (χ3n) is 1.85. The smallest absolute Gasteiger partial charge is 0.143 e. The maximum absolute atomic E-state index is 13.4. The number of aliphatic hydroxyl groups is 1. The number of methoxy groups -OCH3 is 1. The lowest BCUT2D eigenvalue weighted by Crippen LogP contribution is -2.13. The topological polar surface area (TPSA) is 55.5 Å². The summed E-state index contributed by atoms with van der Waals surface area (Å²) in [6.45, 7) is -0.0312. The molecule has 0 heterocycles. The lowest BCUT2D eigenvalue weighted by Gasteiger charge is -2.12. The molecule has 3 N–H and O–H groups in total. The van der Waals surface area contributed by atoms with Gasteiger partial charge in [0.25, 0.3) is 0 Å². The lowest BCUT2D eigenvalue weighted by atomic mass is 10.1. The minimum atomic E-state index is -1.01. The van der Waals surface area contributed by atoms with Crippen LogP contribution in [0.4, 0.5) is 4.39 Å². The molecule has 0 fully saturated rings. The summed E-state index contributed by atoms with van der Waals surface area (Å²) in [6, 6.07) is 2.92. The lowest BCUT2D eigenvalue weighted by molar-refractivity contribution is 0.181. The van der Waals surface area contributed by atoms with Crippen LogP contribution in [0.15, 0.2) is 16.6 Å². The predicted molar refractivity (Wildman–Crippen MR) is 54.7 cm³/mol. The van der Waals surface area contributed by atoms with Crippen LogP contribution in [-0.4, -0.2) is 18.8 Å². The number of ether oxygens (including phenoxy) is 1. The monoisotopic (exact) mass is 263 g/mol. The molecule has 1 aromatic rings. The fraction of sp³-hybridized carbons (Fsp3) is 0.333. The SMILES string of the molecule is COc1cc(Br)c(F)c(C(O)CN)c1. The molecule has 5 heteroatoms. The first-order valence-electron chi connectivity index (χ1n) is 4.01. The molecule has 1 atom stereocenters. The molecular formula is C9H11BrFNO2. The molecule has 0 saturated carbocycles. The molecule has 1 aromatic carbocycles. The molecule has 0 bridgehead atoms. The molecule has 14 heavy (non-hydrogen) atoms. The van der Waals surface area contributed by atoms with E-state index >= 15 is 0 Å². The second-order valence-electron chi connectivity index (χ2n) is 2.76. The van der Waals surface area contributed by atoms with Gasteiger partial charge in [-0.3, -0.25) is 0 Å². The Hall–Kier alpha value is -0.650. The molecule has 0 radical (unpaired) electrons. The molecule has 1 unspecified atom stereocenters. The second-order valence-corrected chi connectivity index (χ2v) is 3.62. The summed E-state index contributed by atoms with van der Waals surface area (Å²) in [7, 11) is 1.47. The molecule has 0 saturated heterocycles. The van der Waals surface area contributed by atoms with E-state index in [-0.39, 0.29) is 16.6 Å². The standard InChI is InChI=1S/C9H11BrFNO2/c1-14-5-2-6(8(13)4-12)9(11)7(10)3-5/h2-3,8,13H,4,12H2,1H3. The van der Waals surface area contributed by atoms with E-state index in [0.29, 0.717) is 5.75 Å². The van der Waals surface area contributed by atoms with Crippen molar-refractivity contribution in [1.29, 1.82) is 0 Å². The van der Waals surface area contributed by atoms with E-state index < -0.39 is 11.9 Å². The Kier molecular flexibility index (Phi) is 3.86. The van der Waals surface area contributed by atoms with Gasteiger partial charge < -0.3 is 15.6 Å². The van der Waals surface area contributed by atoms with Gasteiger partial charge in [-0.2, -0.15) is 0 Å². The van der Waals surface area contributed by atoms with Gasteiger partial charge in [-0.05, 0) is 28.1 Å². The fourth-order valence-electron chi connectivity index (χ4n) is 1.07. The Bertz CT molecular complexity index is 333. The highest BCUT2D eigenvalue weighted by Gasteiger charge is 2.15. The summed E-state index contributed by atoms with van der Waals surface area (Å²) >= 11 is 3.03. The Labute approximate surface area is 89.8 Å². The molecular weight excluding hydrogens is 253 g/mol. The highest BCUT2D eigenvalue weighted by Crippen LogP contribution is 2.28. The van der Waals surface area contributed by atoms with Crippen molar-refractivity contribution in [2.45, 2.75) is 6.10 Å². The number of aliphatic hydroxyl groups excluding tert-OH is 1. The van der Waals surface area contributed by atoms with E-state index in [0.717, 1.165) is 0 Å². The van der Waals surface area contributed by atoms with Crippen molar-refractivity contribution in [2.75, 3.05) is 13.7 Å². The molecule has 1 rings (SSSR count). The number of nitrogens with two attached hydrogens (primary N) is 1. The van der Waals surface area contributed by atoms with Crippen LogP contribution in [0.3, 0.4) is 0 Å². The van der Waals surface area contributed by atoms with Crippen LogP contribution in [0.2, 0.25) is 0 Å². The van der Waals surface area contributed by atoms with Crippen molar-refractivity contribution in [3.63, 3.8) is 0 Å². The Balaban J connectivity index is 3.20. The van der Waals surface area contributed by atoms with Gasteiger partial charge in [0.1, 0.15) is 11.6 Å². The zero-order chi connectivity index (χ0) is 10.7. The van der Waals surface area contributed by atoms with Crippen molar-refractivity contribution < 1.29 is 14.2 Å². The Morgan fingerprint density at radius 3 is 2.79 bits per heavy atom. The molecule has 0 aromatic heterocycles. The van der Waals surface area contributed by atoms with Crippen LogP contribution in [0.5, 0.6) is 5.75 Å². The molecule has 0 amide bonds. The van der Waals surface area contributed by atoms with Crippen LogP contribution < -0.4 is 10.5 Å². The van der Waals surface area contributed by atoms with Gasteiger partial charge in [0.05, 0.1) is 17.7 Å². The van der Waals surface area contributed by atoms with Gasteiger partial charge in [0.15, 0.2) is 0 Å². The maximum atomic E-state index is 13.4. The number of halogens is 2. The summed E-state index contributed by atoms with van der Waals surface area (Å²) in [6.07, 6.45) is -1.01. The zero-order valence-corrected chi connectivity index (χ0v) is 9.21. The number of hydrogen-bond donors (Lipinski definition) is 2. The third-order valence-corrected chi connectivity index (χ3v) is 2.42. The van der Waals surface area contributed by atoms with E-state index in [2.05, 4.69) is 15.9 Å². The Morgan fingerprint density at radius 2 is 2.29 bits per heavy atom. The van der Waals surface area contributed by atoms with Crippen molar-refractivity contribution in [1.82, 2.24) is 0 Å². The van der Waals surface area contributed by atoms with E-state index in [9.17, 15) is 9.50 Å². The van der Waals surface area contributed by atoms with Crippen molar-refractivity contribution in [2.24, 2.45) is 5.73 Å². The number of hydrogen-bond acceptors (Lipinski definition) is 3. The summed E-state index contributed by atoms with van der Waals surface area (Å²) in [5.41, 5.74) is 5.38. The van der Waals surface area contributed by atoms with E-state index in [1.165, 1.54) is 19.2 Å². The second kappa shape index (κ2) is 4.72. The molecule has 0 aliphatic rings. The fourth-order valence-corrected chi connectivity index (χ4v) is 1.53. The van der Waals surface area contributed by atoms with E-state index in [1.54, 1.807) is 0 Å². The average molecular weight is 264 g/mol. The van der Waals surface area contributed by atoms with Crippen LogP contribution >= 0.6 is 15.9 Å². The highest BCUT2D eigenvalue weighted by atomic mass is 79.9. The van der Waals surface area contributed by atoms with Gasteiger partial charge in [-0.1, -0.05) is 0 Å². The number of benzene rings is 1. The van der Waals surface area contributed by atoms with Crippen molar-refractivity contribution in [3.8, 4) is 5.75 Å². The normalized spacial score (nSPS) is 12.6. The van der Waals surface area contributed by atoms with Crippen molar-refractivity contribution >= 4 is 15.9 Å². The van der Waals surface area contributed by atoms with E-state index in [4.69, 9.17) is 10.5 Å². The van der Waals surface area contributed by atoms with Crippen LogP contribution in [0.25, 0.3) is 0 Å². The van der Waals surface area contributed by atoms with E-state index in [1.807, 2.05) is 0 Å². The Morgan fingerprint density at radius 1 is 1.64 bits per heavy atom. The molecule has 0 aliphatic heterocycles. The van der Waals surface area contributed by atoms with Crippen molar-refractivity contribution in [3.05, 3.63) is 28.0 Å². The first-order chi connectivity index (χ1) is 6.60. The molecule has 78 valence electrons. The van der Waals surface area contributed by atoms with Gasteiger partial charge >= 0.3 is 0 Å². The summed E-state index contributed by atoms with van der Waals surface area (Å²) in [5.74, 6) is -0.0375. The third kappa shape index (κ3) is 2.23. The molecule has 0 aliphatic carbocycles. The predicted octanol–water partition coefficient (Wildman–Crippen LogP) is 1.59. The molecule has 3 nitrogen and oxygen atoms in total. The zero-order valence-electron chi connectivity index (χ0n) is 7.63. The first kappa shape index (κ1) is 11.4. The van der Waals surface area contributed by atoms with Crippen LogP contribution in [0.1, 0.15) is 11.7 Å². The number of rotatable bonds is 3. The van der Waals surface area contributed by atoms with Gasteiger partial charge in [-0.25, -0.2) is 4.39 Å². The summed E-state index contributed by atoms with van der Waals surface area (Å²) in [5, 5.41) is 9.41. The minimum absolute atomic E-state index is 0.0312. The van der Waals surface area contributed by atoms with Gasteiger partial charge in [0, 0.05) is 12.1 Å². The summed E-state index contributed by atoms with van der Waals surface area (Å²) in [4.78, 5) is 0. The van der Waals surface area contributed by atoms with Gasteiger partial charge in [0.2, 0.25) is 0 Å². The van der Waals surface area contributed by atoms with Gasteiger partial charge in [-0.15, -0.1) is 0 Å². The largest absolute Gasteiger partial charge is 0.497 e. The summed E-state index contributed by atoms with van der Waals surface area (Å²) < 4.78 is 18.6. The average Bonchev–Trinajstić information content (AvgIpc) is 2.20. The molecule has 0 spiro atoms. The minimum Gasteiger partial charge on any atom is -0.497 e. The van der Waals surface area contributed by atoms with Crippen LogP contribution in [-0.2, 0) is 0 Å². The van der Waals surface area contributed by atoms with Crippen LogP contribution in [0, 0.1) is 5.82 Å². The first-order valence-corrected chi connectivity index (χ1v) is 4.80. The highest BCUT2D eigenvalue weighted by molar-refractivity contribution is 9.10. The quantitative estimate of drug-likeness (QED) is 0.871. The maximum Gasteiger partial charge on any atom is 0.143 e.